The number of fused-ring (bicyclic) bond motifs is 7. The van der Waals surface area contributed by atoms with Crippen molar-refractivity contribution in [1.82, 2.24) is 24.1 Å². The molecule has 0 aliphatic carbocycles. The fourth-order valence-corrected chi connectivity index (χ4v) is 9.06. The first-order valence-electron chi connectivity index (χ1n) is 22.9. The van der Waals surface area contributed by atoms with Crippen LogP contribution < -0.4 is 0 Å². The van der Waals surface area contributed by atoms with Gasteiger partial charge in [0.1, 0.15) is 0 Å². The zero-order chi connectivity index (χ0) is 46.4. The summed E-state index contributed by atoms with van der Waals surface area (Å²) in [6.45, 7) is 10.5. The Kier molecular flexibility index (Phi) is 12.2. The SMILES string of the molecule is C=CC.C=CC.c1ccc(-c2cccc(-c3nc(-c4cccc(-c5ccccc5)c4)nc(-c4cccc(-n5c6ccccc6c6c7c(ccc8ccn(-c9ccccc9)c87)ccc65)c4)n3)c2)cc1. The van der Waals surface area contributed by atoms with Crippen LogP contribution in [0.25, 0.3) is 111 Å². The number of rotatable bonds is 7. The van der Waals surface area contributed by atoms with Crippen LogP contribution in [-0.2, 0) is 0 Å². The van der Waals surface area contributed by atoms with Crippen molar-refractivity contribution in [3.05, 3.63) is 250 Å². The van der Waals surface area contributed by atoms with E-state index in [2.05, 4.69) is 235 Å². The summed E-state index contributed by atoms with van der Waals surface area (Å²) in [7, 11) is 0. The van der Waals surface area contributed by atoms with Gasteiger partial charge in [-0.1, -0.05) is 176 Å². The monoisotopic (exact) mass is 875 g/mol. The van der Waals surface area contributed by atoms with Crippen molar-refractivity contribution in [2.75, 3.05) is 0 Å². The molecule has 3 heterocycles. The number of para-hydroxylation sites is 2. The third-order valence-corrected chi connectivity index (χ3v) is 12.0. The van der Waals surface area contributed by atoms with E-state index in [4.69, 9.17) is 15.0 Å². The average Bonchev–Trinajstić information content (AvgIpc) is 4.00. The molecule has 9 aromatic carbocycles. The van der Waals surface area contributed by atoms with Crippen LogP contribution in [0, 0.1) is 0 Å². The van der Waals surface area contributed by atoms with Crippen LogP contribution in [0.3, 0.4) is 0 Å². The summed E-state index contributed by atoms with van der Waals surface area (Å²) in [5, 5.41) is 6.08. The zero-order valence-electron chi connectivity index (χ0n) is 38.2. The van der Waals surface area contributed by atoms with E-state index in [-0.39, 0.29) is 0 Å². The van der Waals surface area contributed by atoms with Crippen molar-refractivity contribution >= 4 is 43.5 Å². The molecular formula is C63H49N5. The van der Waals surface area contributed by atoms with Crippen molar-refractivity contribution < 1.29 is 0 Å². The van der Waals surface area contributed by atoms with Gasteiger partial charge in [0.15, 0.2) is 17.5 Å². The molecule has 0 amide bonds. The summed E-state index contributed by atoms with van der Waals surface area (Å²) in [5.41, 5.74) is 12.9. The lowest BCUT2D eigenvalue weighted by Crippen LogP contribution is -2.01. The summed E-state index contributed by atoms with van der Waals surface area (Å²) in [5.74, 6) is 1.84. The summed E-state index contributed by atoms with van der Waals surface area (Å²) < 4.78 is 4.71. The Morgan fingerprint density at radius 3 is 1.40 bits per heavy atom. The topological polar surface area (TPSA) is 48.5 Å². The first kappa shape index (κ1) is 43.0. The van der Waals surface area contributed by atoms with Crippen LogP contribution in [0.1, 0.15) is 13.8 Å². The largest absolute Gasteiger partial charge is 0.316 e. The van der Waals surface area contributed by atoms with Crippen LogP contribution in [-0.4, -0.2) is 24.1 Å². The second-order valence-electron chi connectivity index (χ2n) is 16.5. The molecule has 3 aromatic heterocycles. The van der Waals surface area contributed by atoms with Gasteiger partial charge in [0.05, 0.1) is 16.6 Å². The molecular weight excluding hydrogens is 827 g/mol. The molecule has 0 aliphatic rings. The fourth-order valence-electron chi connectivity index (χ4n) is 9.06. The van der Waals surface area contributed by atoms with Crippen molar-refractivity contribution in [2.24, 2.45) is 0 Å². The minimum atomic E-state index is 0.607. The first-order valence-corrected chi connectivity index (χ1v) is 22.9. The van der Waals surface area contributed by atoms with E-state index in [1.165, 1.54) is 32.4 Å². The number of aromatic nitrogens is 5. The lowest BCUT2D eigenvalue weighted by Gasteiger charge is -2.13. The van der Waals surface area contributed by atoms with Crippen LogP contribution in [0.15, 0.2) is 250 Å². The Bertz CT molecular complexity index is 3630. The standard InChI is InChI=1S/C57H37N5.2C3H6/c1-4-15-38(16-5-1)42-19-12-21-44(35-42)55-58-56(45-22-13-20-43(36-45)39-17-6-2-7-18-39)60-57(59-55)46-23-14-26-48(37-46)62-50-28-11-10-27-49(50)53-51(62)32-31-40-29-30-41-33-34-61(54(41)52(40)53)47-24-8-3-9-25-47;2*1-3-2/h1-37H;2*3H,1H2,2H3. The van der Waals surface area contributed by atoms with Gasteiger partial charge in [-0.15, -0.1) is 13.2 Å². The van der Waals surface area contributed by atoms with E-state index in [0.717, 1.165) is 61.4 Å². The Hall–Kier alpha value is -8.93. The second kappa shape index (κ2) is 19.3. The molecule has 0 saturated heterocycles. The Morgan fingerprint density at radius 1 is 0.368 bits per heavy atom. The van der Waals surface area contributed by atoms with Crippen LogP contribution in [0.5, 0.6) is 0 Å². The van der Waals surface area contributed by atoms with Crippen molar-refractivity contribution in [1.29, 1.82) is 0 Å². The van der Waals surface area contributed by atoms with Gasteiger partial charge in [-0.2, -0.15) is 0 Å². The van der Waals surface area contributed by atoms with Gasteiger partial charge in [0.25, 0.3) is 0 Å². The third kappa shape index (κ3) is 8.30. The van der Waals surface area contributed by atoms with E-state index in [9.17, 15) is 0 Å². The van der Waals surface area contributed by atoms with Crippen molar-refractivity contribution in [3.8, 4) is 67.8 Å². The summed E-state index contributed by atoms with van der Waals surface area (Å²) in [6, 6.07) is 77.0. The lowest BCUT2D eigenvalue weighted by molar-refractivity contribution is 1.07. The molecule has 0 unspecified atom stereocenters. The molecule has 0 saturated carbocycles. The predicted molar refractivity (Wildman–Crippen MR) is 287 cm³/mol. The minimum absolute atomic E-state index is 0.607. The van der Waals surface area contributed by atoms with E-state index < -0.39 is 0 Å². The summed E-state index contributed by atoms with van der Waals surface area (Å²) in [6.07, 6.45) is 5.69. The zero-order valence-corrected chi connectivity index (χ0v) is 38.2. The molecule has 0 fully saturated rings. The number of hydrogen-bond donors (Lipinski definition) is 0. The highest BCUT2D eigenvalue weighted by Crippen LogP contribution is 2.41. The molecule has 68 heavy (non-hydrogen) atoms. The Balaban J connectivity index is 0.000000856. The lowest BCUT2D eigenvalue weighted by atomic mass is 10.0. The molecule has 0 radical (unpaired) electrons. The minimum Gasteiger partial charge on any atom is -0.316 e. The van der Waals surface area contributed by atoms with Gasteiger partial charge in [-0.05, 0) is 96.1 Å². The summed E-state index contributed by atoms with van der Waals surface area (Å²) in [4.78, 5) is 15.6. The molecule has 0 N–H and O–H groups in total. The Morgan fingerprint density at radius 2 is 0.809 bits per heavy atom. The molecule has 5 nitrogen and oxygen atoms in total. The fraction of sp³-hybridized carbons (Fsp3) is 0.0317. The second-order valence-corrected chi connectivity index (χ2v) is 16.5. The van der Waals surface area contributed by atoms with E-state index in [0.29, 0.717) is 17.5 Å². The van der Waals surface area contributed by atoms with Gasteiger partial charge in [-0.25, -0.2) is 15.0 Å². The normalized spacial score (nSPS) is 10.9. The highest BCUT2D eigenvalue weighted by molar-refractivity contribution is 6.27. The maximum absolute atomic E-state index is 5.24. The number of nitrogens with zero attached hydrogens (tertiary/aromatic N) is 5. The molecule has 0 bridgehead atoms. The van der Waals surface area contributed by atoms with Gasteiger partial charge in [-0.3, -0.25) is 0 Å². The van der Waals surface area contributed by atoms with Crippen molar-refractivity contribution in [2.45, 2.75) is 13.8 Å². The number of allylic oxidation sites excluding steroid dienone is 2. The van der Waals surface area contributed by atoms with Gasteiger partial charge in [0.2, 0.25) is 0 Å². The van der Waals surface area contributed by atoms with Gasteiger partial charge < -0.3 is 9.13 Å². The molecule has 326 valence electrons. The Labute approximate surface area is 397 Å². The molecule has 0 spiro atoms. The molecule has 0 aliphatic heterocycles. The third-order valence-electron chi connectivity index (χ3n) is 12.0. The van der Waals surface area contributed by atoms with Gasteiger partial charge in [0, 0.05) is 55.8 Å². The van der Waals surface area contributed by atoms with Crippen LogP contribution in [0.4, 0.5) is 0 Å². The first-order chi connectivity index (χ1) is 33.6. The molecule has 5 heteroatoms. The van der Waals surface area contributed by atoms with E-state index in [1.54, 1.807) is 12.2 Å². The molecule has 12 rings (SSSR count). The maximum atomic E-state index is 5.24. The van der Waals surface area contributed by atoms with Crippen molar-refractivity contribution in [3.63, 3.8) is 0 Å². The average molecular weight is 876 g/mol. The van der Waals surface area contributed by atoms with E-state index in [1.807, 2.05) is 26.0 Å². The highest BCUT2D eigenvalue weighted by Gasteiger charge is 2.20. The van der Waals surface area contributed by atoms with Crippen LogP contribution in [0.2, 0.25) is 0 Å². The quantitative estimate of drug-likeness (QED) is 0.150. The van der Waals surface area contributed by atoms with E-state index >= 15 is 0 Å². The molecule has 12 aromatic rings. The highest BCUT2D eigenvalue weighted by atomic mass is 15.0. The van der Waals surface area contributed by atoms with Crippen LogP contribution >= 0.6 is 0 Å². The number of benzene rings is 9. The predicted octanol–water partition coefficient (Wildman–Crippen LogP) is 16.8. The maximum Gasteiger partial charge on any atom is 0.164 e. The van der Waals surface area contributed by atoms with Gasteiger partial charge >= 0.3 is 0 Å². The summed E-state index contributed by atoms with van der Waals surface area (Å²) >= 11 is 0. The smallest absolute Gasteiger partial charge is 0.164 e. The number of hydrogen-bond acceptors (Lipinski definition) is 3. The molecule has 0 atom stereocenters.